The topological polar surface area (TPSA) is 81.5 Å². The molecule has 1 N–H and O–H groups in total. The van der Waals surface area contributed by atoms with Crippen molar-refractivity contribution in [3.05, 3.63) is 73.8 Å². The molecule has 0 aliphatic carbocycles. The van der Waals surface area contributed by atoms with Crippen LogP contribution in [0.4, 0.5) is 5.69 Å². The third kappa shape index (κ3) is 5.16. The van der Waals surface area contributed by atoms with E-state index in [1.807, 2.05) is 0 Å². The van der Waals surface area contributed by atoms with Crippen molar-refractivity contribution in [3.8, 4) is 0 Å². The van der Waals surface area contributed by atoms with E-state index in [1.165, 1.54) is 19.2 Å². The van der Waals surface area contributed by atoms with Crippen LogP contribution in [0.5, 0.6) is 0 Å². The predicted molar refractivity (Wildman–Crippen MR) is 95.9 cm³/mol. The number of esters is 1. The molecule has 0 fully saturated rings. The fraction of sp³-hybridized carbons (Fsp3) is 0.235. The number of ether oxygens (including phenoxy) is 1. The lowest BCUT2D eigenvalue weighted by molar-refractivity contribution is -0.384. The first-order valence-electron chi connectivity index (χ1n) is 7.39. The number of rotatable bonds is 7. The molecular weight excluding hydrogens is 367 g/mol. The van der Waals surface area contributed by atoms with Crippen molar-refractivity contribution in [2.24, 2.45) is 0 Å². The van der Waals surface area contributed by atoms with Crippen molar-refractivity contribution >= 4 is 34.9 Å². The van der Waals surface area contributed by atoms with E-state index in [2.05, 4.69) is 5.32 Å². The van der Waals surface area contributed by atoms with Crippen LogP contribution >= 0.6 is 23.2 Å². The highest BCUT2D eigenvalue weighted by molar-refractivity contribution is 6.35. The maximum absolute atomic E-state index is 12.0. The van der Waals surface area contributed by atoms with Crippen LogP contribution in [-0.4, -0.2) is 24.0 Å². The maximum atomic E-state index is 12.0. The third-order valence-corrected chi connectivity index (χ3v) is 4.37. The van der Waals surface area contributed by atoms with Crippen LogP contribution in [0.1, 0.15) is 11.1 Å². The number of non-ortho nitro benzene ring substituents is 1. The summed E-state index contributed by atoms with van der Waals surface area (Å²) in [4.78, 5) is 22.3. The summed E-state index contributed by atoms with van der Waals surface area (Å²) in [7, 11) is 1.30. The second kappa shape index (κ2) is 8.80. The third-order valence-electron chi connectivity index (χ3n) is 3.66. The van der Waals surface area contributed by atoms with Crippen LogP contribution in [0.25, 0.3) is 0 Å². The molecular formula is C17H16Cl2N2O4. The van der Waals surface area contributed by atoms with E-state index in [4.69, 9.17) is 27.9 Å². The van der Waals surface area contributed by atoms with Gasteiger partial charge in [0.2, 0.25) is 0 Å². The summed E-state index contributed by atoms with van der Waals surface area (Å²) in [6.45, 7) is 0.283. The Balaban J connectivity index is 2.11. The van der Waals surface area contributed by atoms with Gasteiger partial charge in [-0.3, -0.25) is 20.2 Å². The average Bonchev–Trinajstić information content (AvgIpc) is 2.60. The zero-order valence-corrected chi connectivity index (χ0v) is 14.9. The molecule has 25 heavy (non-hydrogen) atoms. The normalized spacial score (nSPS) is 11.8. The highest BCUT2D eigenvalue weighted by Crippen LogP contribution is 2.24. The summed E-state index contributed by atoms with van der Waals surface area (Å²) >= 11 is 12.3. The molecule has 2 rings (SSSR count). The molecule has 0 radical (unpaired) electrons. The molecule has 2 aromatic carbocycles. The van der Waals surface area contributed by atoms with E-state index in [-0.39, 0.29) is 12.2 Å². The van der Waals surface area contributed by atoms with Crippen LogP contribution in [0.2, 0.25) is 10.0 Å². The van der Waals surface area contributed by atoms with Crippen molar-refractivity contribution in [2.75, 3.05) is 7.11 Å². The van der Waals surface area contributed by atoms with Gasteiger partial charge in [0.25, 0.3) is 5.69 Å². The predicted octanol–water partition coefficient (Wildman–Crippen LogP) is 3.78. The summed E-state index contributed by atoms with van der Waals surface area (Å²) in [5, 5.41) is 14.8. The standard InChI is InChI=1S/C17H16Cl2N2O4/c1-25-17(22)16(9-11-5-7-12(8-6-11)21(23)24)20-10-13-14(18)3-2-4-15(13)19/h2-8,16,20H,9-10H2,1H3. The number of halogens is 2. The average molecular weight is 383 g/mol. The number of methoxy groups -OCH3 is 1. The Morgan fingerprint density at radius 1 is 1.20 bits per heavy atom. The Hall–Kier alpha value is -2.15. The lowest BCUT2D eigenvalue weighted by atomic mass is 10.0. The second-order valence-electron chi connectivity index (χ2n) is 5.28. The Morgan fingerprint density at radius 3 is 2.32 bits per heavy atom. The Bertz CT molecular complexity index is 745. The molecule has 0 saturated heterocycles. The molecule has 8 heteroatoms. The van der Waals surface area contributed by atoms with Gasteiger partial charge in [-0.15, -0.1) is 0 Å². The van der Waals surface area contributed by atoms with Crippen molar-refractivity contribution in [3.63, 3.8) is 0 Å². The summed E-state index contributed by atoms with van der Waals surface area (Å²) in [5.41, 5.74) is 1.44. The van der Waals surface area contributed by atoms with E-state index < -0.39 is 16.9 Å². The van der Waals surface area contributed by atoms with Crippen LogP contribution in [0.15, 0.2) is 42.5 Å². The number of carbonyl (C=O) groups excluding carboxylic acids is 1. The van der Waals surface area contributed by atoms with Gasteiger partial charge in [0.15, 0.2) is 0 Å². The van der Waals surface area contributed by atoms with Crippen molar-refractivity contribution in [1.82, 2.24) is 5.32 Å². The number of nitrogens with zero attached hydrogens (tertiary/aromatic N) is 1. The van der Waals surface area contributed by atoms with E-state index in [0.29, 0.717) is 22.0 Å². The molecule has 0 aliphatic rings. The number of nitro groups is 1. The summed E-state index contributed by atoms with van der Waals surface area (Å²) < 4.78 is 4.82. The van der Waals surface area contributed by atoms with Gasteiger partial charge in [-0.05, 0) is 24.1 Å². The van der Waals surface area contributed by atoms with Gasteiger partial charge < -0.3 is 4.74 Å². The Kier molecular flexibility index (Phi) is 6.75. The molecule has 0 heterocycles. The largest absolute Gasteiger partial charge is 0.468 e. The van der Waals surface area contributed by atoms with E-state index in [1.54, 1.807) is 30.3 Å². The van der Waals surface area contributed by atoms with Crippen molar-refractivity contribution in [2.45, 2.75) is 19.0 Å². The van der Waals surface area contributed by atoms with Gasteiger partial charge >= 0.3 is 5.97 Å². The first-order chi connectivity index (χ1) is 11.9. The molecule has 132 valence electrons. The number of nitrogens with one attached hydrogen (secondary N) is 1. The molecule has 0 spiro atoms. The quantitative estimate of drug-likeness (QED) is 0.447. The van der Waals surface area contributed by atoms with Gasteiger partial charge in [0.05, 0.1) is 12.0 Å². The van der Waals surface area contributed by atoms with Crippen molar-refractivity contribution < 1.29 is 14.5 Å². The first kappa shape index (κ1) is 19.2. The fourth-order valence-electron chi connectivity index (χ4n) is 2.30. The Labute approximate surface area is 154 Å². The molecule has 0 aromatic heterocycles. The summed E-state index contributed by atoms with van der Waals surface area (Å²) in [6.07, 6.45) is 0.312. The zero-order chi connectivity index (χ0) is 18.4. The van der Waals surface area contributed by atoms with Gasteiger partial charge in [0.1, 0.15) is 6.04 Å². The smallest absolute Gasteiger partial charge is 0.323 e. The summed E-state index contributed by atoms with van der Waals surface area (Å²) in [6, 6.07) is 10.5. The molecule has 1 unspecified atom stereocenters. The van der Waals surface area contributed by atoms with E-state index >= 15 is 0 Å². The molecule has 0 saturated carbocycles. The van der Waals surface area contributed by atoms with E-state index in [9.17, 15) is 14.9 Å². The SMILES string of the molecule is COC(=O)C(Cc1ccc([N+](=O)[O-])cc1)NCc1c(Cl)cccc1Cl. The van der Waals surface area contributed by atoms with Crippen LogP contribution in [0, 0.1) is 10.1 Å². The summed E-state index contributed by atoms with van der Waals surface area (Å²) in [5.74, 6) is -0.443. The molecule has 0 aliphatic heterocycles. The van der Waals surface area contributed by atoms with Crippen LogP contribution in [0.3, 0.4) is 0 Å². The number of hydrogen-bond donors (Lipinski definition) is 1. The van der Waals surface area contributed by atoms with Crippen LogP contribution < -0.4 is 5.32 Å². The van der Waals surface area contributed by atoms with Gasteiger partial charge in [-0.2, -0.15) is 0 Å². The minimum absolute atomic E-state index is 0.00539. The maximum Gasteiger partial charge on any atom is 0.323 e. The molecule has 6 nitrogen and oxygen atoms in total. The second-order valence-corrected chi connectivity index (χ2v) is 6.10. The monoisotopic (exact) mass is 382 g/mol. The van der Waals surface area contributed by atoms with E-state index in [0.717, 1.165) is 5.56 Å². The minimum atomic E-state index is -0.640. The van der Waals surface area contributed by atoms with Crippen LogP contribution in [-0.2, 0) is 22.5 Å². The first-order valence-corrected chi connectivity index (χ1v) is 8.15. The lowest BCUT2D eigenvalue weighted by Gasteiger charge is -2.17. The molecule has 0 bridgehead atoms. The number of hydrogen-bond acceptors (Lipinski definition) is 5. The fourth-order valence-corrected chi connectivity index (χ4v) is 2.83. The minimum Gasteiger partial charge on any atom is -0.468 e. The Morgan fingerprint density at radius 2 is 1.80 bits per heavy atom. The lowest BCUT2D eigenvalue weighted by Crippen LogP contribution is -2.39. The number of benzene rings is 2. The zero-order valence-electron chi connectivity index (χ0n) is 13.4. The van der Waals surface area contributed by atoms with Gasteiger partial charge in [0, 0.05) is 34.3 Å². The molecule has 1 atom stereocenters. The highest BCUT2D eigenvalue weighted by atomic mass is 35.5. The number of nitro benzene ring substituents is 1. The molecule has 2 aromatic rings. The van der Waals surface area contributed by atoms with Crippen molar-refractivity contribution in [1.29, 1.82) is 0 Å². The van der Waals surface area contributed by atoms with Gasteiger partial charge in [-0.1, -0.05) is 41.4 Å². The highest BCUT2D eigenvalue weighted by Gasteiger charge is 2.20. The number of carbonyl (C=O) groups is 1. The molecule has 0 amide bonds. The van der Waals surface area contributed by atoms with Gasteiger partial charge in [-0.25, -0.2) is 0 Å².